The number of imide groups is 1. The van der Waals surface area contributed by atoms with E-state index < -0.39 is 0 Å². The molecule has 1 aliphatic rings. The Morgan fingerprint density at radius 3 is 2.59 bits per heavy atom. The Labute approximate surface area is 163 Å². The first-order valence-corrected chi connectivity index (χ1v) is 10.3. The van der Waals surface area contributed by atoms with Crippen molar-refractivity contribution in [3.63, 3.8) is 0 Å². The van der Waals surface area contributed by atoms with Crippen LogP contribution in [-0.2, 0) is 16.0 Å². The van der Waals surface area contributed by atoms with Gasteiger partial charge in [0.2, 0.25) is 11.8 Å². The average Bonchev–Trinajstić information content (AvgIpc) is 2.96. The zero-order valence-corrected chi connectivity index (χ0v) is 16.8. The molecule has 7 heteroatoms. The molecule has 6 nitrogen and oxygen atoms in total. The highest BCUT2D eigenvalue weighted by Gasteiger charge is 2.36. The van der Waals surface area contributed by atoms with Crippen LogP contribution >= 0.6 is 11.3 Å². The fourth-order valence-corrected chi connectivity index (χ4v) is 4.43. The van der Waals surface area contributed by atoms with Gasteiger partial charge in [0.25, 0.3) is 0 Å². The second-order valence-corrected chi connectivity index (χ2v) is 8.96. The maximum Gasteiger partial charge on any atom is 0.305 e. The van der Waals surface area contributed by atoms with Crippen molar-refractivity contribution in [2.24, 2.45) is 5.41 Å². The van der Waals surface area contributed by atoms with Gasteiger partial charge in [-0.2, -0.15) is 0 Å². The number of likely N-dealkylation sites (tertiary alicyclic amines) is 1. The fourth-order valence-electron chi connectivity index (χ4n) is 3.56. The highest BCUT2D eigenvalue weighted by atomic mass is 32.1. The van der Waals surface area contributed by atoms with E-state index in [0.29, 0.717) is 19.4 Å². The molecular formula is C20H27N3O3S. The lowest BCUT2D eigenvalue weighted by atomic mass is 9.82. The number of hydrogen-bond donors (Lipinski definition) is 2. The quantitative estimate of drug-likeness (QED) is 0.537. The molecule has 3 rings (SSSR count). The summed E-state index contributed by atoms with van der Waals surface area (Å²) in [6, 6.07) is 5.95. The van der Waals surface area contributed by atoms with Crippen LogP contribution in [0.3, 0.4) is 0 Å². The molecule has 0 aliphatic carbocycles. The molecule has 0 atom stereocenters. The lowest BCUT2D eigenvalue weighted by Crippen LogP contribution is -2.46. The molecule has 2 heterocycles. The Bertz CT molecular complexity index is 864. The van der Waals surface area contributed by atoms with Gasteiger partial charge in [0.1, 0.15) is 0 Å². The largest absolute Gasteiger partial charge is 0.316 e. The number of amides is 2. The molecule has 0 saturated carbocycles. The second kappa shape index (κ2) is 8.35. The van der Waals surface area contributed by atoms with E-state index in [2.05, 4.69) is 16.4 Å². The normalized spacial score (nSPS) is 17.0. The van der Waals surface area contributed by atoms with Crippen LogP contribution in [0.1, 0.15) is 45.1 Å². The highest BCUT2D eigenvalue weighted by molar-refractivity contribution is 7.16. The lowest BCUT2D eigenvalue weighted by Gasteiger charge is -2.34. The molecule has 1 aromatic heterocycles. The van der Waals surface area contributed by atoms with Crippen LogP contribution < -0.4 is 10.2 Å². The molecule has 27 heavy (non-hydrogen) atoms. The Balaban J connectivity index is 1.36. The molecule has 2 aromatic rings. The molecule has 1 fully saturated rings. The van der Waals surface area contributed by atoms with E-state index in [1.165, 1.54) is 21.8 Å². The van der Waals surface area contributed by atoms with E-state index in [4.69, 9.17) is 0 Å². The monoisotopic (exact) mass is 389 g/mol. The molecule has 1 aliphatic heterocycles. The highest BCUT2D eigenvalue weighted by Crippen LogP contribution is 2.31. The SMILES string of the molecule is CC1(C)CC(=O)N(CCCCNCCc2cccc3[nH]c(=O)sc23)C(=O)C1. The summed E-state index contributed by atoms with van der Waals surface area (Å²) in [6.45, 7) is 6.14. The first-order valence-electron chi connectivity index (χ1n) is 9.50. The van der Waals surface area contributed by atoms with Gasteiger partial charge >= 0.3 is 4.87 Å². The van der Waals surface area contributed by atoms with Gasteiger partial charge in [-0.05, 0) is 49.4 Å². The van der Waals surface area contributed by atoms with Crippen LogP contribution in [0.15, 0.2) is 23.0 Å². The van der Waals surface area contributed by atoms with Crippen molar-refractivity contribution >= 4 is 33.4 Å². The summed E-state index contributed by atoms with van der Waals surface area (Å²) in [4.78, 5) is 40.0. The Morgan fingerprint density at radius 2 is 1.85 bits per heavy atom. The van der Waals surface area contributed by atoms with Gasteiger partial charge in [-0.3, -0.25) is 19.3 Å². The van der Waals surface area contributed by atoms with Crippen LogP contribution in [0, 0.1) is 5.41 Å². The minimum Gasteiger partial charge on any atom is -0.316 e. The smallest absolute Gasteiger partial charge is 0.305 e. The van der Waals surface area contributed by atoms with Crippen molar-refractivity contribution in [2.75, 3.05) is 19.6 Å². The average molecular weight is 390 g/mol. The predicted molar refractivity (Wildman–Crippen MR) is 108 cm³/mol. The summed E-state index contributed by atoms with van der Waals surface area (Å²) in [6.07, 6.45) is 3.51. The number of piperidine rings is 1. The Hall–Kier alpha value is -1.99. The standard InChI is InChI=1S/C20H27N3O3S/c1-20(2)12-16(24)23(17(25)13-20)11-4-3-9-21-10-8-14-6-5-7-15-18(14)27-19(26)22-15/h5-7,21H,3-4,8-13H2,1-2H3,(H,22,26). The number of H-pyrrole nitrogens is 1. The van der Waals surface area contributed by atoms with E-state index in [1.54, 1.807) is 0 Å². The predicted octanol–water partition coefficient (Wildman–Crippen LogP) is 2.68. The van der Waals surface area contributed by atoms with Crippen LogP contribution in [0.25, 0.3) is 10.2 Å². The number of rotatable bonds is 8. The number of aromatic nitrogens is 1. The van der Waals surface area contributed by atoms with Crippen molar-refractivity contribution in [3.8, 4) is 0 Å². The molecule has 0 spiro atoms. The summed E-state index contributed by atoms with van der Waals surface area (Å²) in [5.74, 6) is -0.0782. The Morgan fingerprint density at radius 1 is 1.11 bits per heavy atom. The number of nitrogens with one attached hydrogen (secondary N) is 2. The first-order chi connectivity index (χ1) is 12.9. The van der Waals surface area contributed by atoms with Gasteiger partial charge < -0.3 is 10.3 Å². The van der Waals surface area contributed by atoms with Gasteiger partial charge in [0.15, 0.2) is 0 Å². The second-order valence-electron chi connectivity index (χ2n) is 7.97. The molecule has 1 aromatic carbocycles. The zero-order chi connectivity index (χ0) is 19.4. The number of hydrogen-bond acceptors (Lipinski definition) is 5. The third-order valence-electron chi connectivity index (χ3n) is 4.95. The number of benzene rings is 1. The van der Waals surface area contributed by atoms with Crippen molar-refractivity contribution < 1.29 is 9.59 Å². The summed E-state index contributed by atoms with van der Waals surface area (Å²) < 4.78 is 1.04. The number of aromatic amines is 1. The van der Waals surface area contributed by atoms with Crippen LogP contribution in [0.2, 0.25) is 0 Å². The van der Waals surface area contributed by atoms with Gasteiger partial charge in [-0.15, -0.1) is 0 Å². The Kier molecular flexibility index (Phi) is 6.11. The molecule has 0 bridgehead atoms. The number of carbonyl (C=O) groups is 2. The van der Waals surface area contributed by atoms with Gasteiger partial charge in [-0.25, -0.2) is 0 Å². The molecule has 0 radical (unpaired) electrons. The van der Waals surface area contributed by atoms with Crippen LogP contribution in [0.5, 0.6) is 0 Å². The molecule has 1 saturated heterocycles. The lowest BCUT2D eigenvalue weighted by molar-refractivity contribution is -0.152. The maximum absolute atomic E-state index is 12.1. The summed E-state index contributed by atoms with van der Waals surface area (Å²) >= 11 is 1.26. The first kappa shape index (κ1) is 19.8. The third-order valence-corrected chi connectivity index (χ3v) is 5.92. The van der Waals surface area contributed by atoms with Crippen molar-refractivity contribution in [1.29, 1.82) is 0 Å². The molecule has 2 N–H and O–H groups in total. The molecule has 0 unspecified atom stereocenters. The number of fused-ring (bicyclic) bond motifs is 1. The van der Waals surface area contributed by atoms with Crippen molar-refractivity contribution in [2.45, 2.75) is 46.0 Å². The van der Waals surface area contributed by atoms with E-state index in [1.807, 2.05) is 26.0 Å². The van der Waals surface area contributed by atoms with E-state index in [9.17, 15) is 14.4 Å². The molecule has 146 valence electrons. The number of nitrogens with zero attached hydrogens (tertiary/aromatic N) is 1. The minimum absolute atomic E-state index is 0.0180. The number of unbranched alkanes of at least 4 members (excludes halogenated alkanes) is 1. The zero-order valence-electron chi connectivity index (χ0n) is 16.0. The molecule has 2 amide bonds. The number of carbonyl (C=O) groups excluding carboxylic acids is 2. The van der Waals surface area contributed by atoms with E-state index in [0.717, 1.165) is 42.6 Å². The summed E-state index contributed by atoms with van der Waals surface area (Å²) in [5, 5.41) is 3.41. The topological polar surface area (TPSA) is 82.3 Å². The summed E-state index contributed by atoms with van der Waals surface area (Å²) in [7, 11) is 0. The van der Waals surface area contributed by atoms with Crippen LogP contribution in [-0.4, -0.2) is 41.3 Å². The van der Waals surface area contributed by atoms with E-state index >= 15 is 0 Å². The van der Waals surface area contributed by atoms with E-state index in [-0.39, 0.29) is 22.1 Å². The van der Waals surface area contributed by atoms with Gasteiger partial charge in [0.05, 0.1) is 10.2 Å². The summed E-state index contributed by atoms with van der Waals surface area (Å²) in [5.41, 5.74) is 1.87. The molecular weight excluding hydrogens is 362 g/mol. The third kappa shape index (κ3) is 5.05. The van der Waals surface area contributed by atoms with Gasteiger partial charge in [-0.1, -0.05) is 37.3 Å². The minimum atomic E-state index is -0.206. The number of thiazole rings is 1. The maximum atomic E-state index is 12.1. The van der Waals surface area contributed by atoms with Crippen LogP contribution in [0.4, 0.5) is 0 Å². The van der Waals surface area contributed by atoms with Crippen molar-refractivity contribution in [3.05, 3.63) is 33.4 Å². The van der Waals surface area contributed by atoms with Crippen molar-refractivity contribution in [1.82, 2.24) is 15.2 Å². The van der Waals surface area contributed by atoms with Gasteiger partial charge in [0, 0.05) is 19.4 Å². The fraction of sp³-hybridized carbons (Fsp3) is 0.550.